The van der Waals surface area contributed by atoms with E-state index in [0.717, 1.165) is 18.8 Å². The van der Waals surface area contributed by atoms with Gasteiger partial charge in [0.25, 0.3) is 5.91 Å². The first-order valence-corrected chi connectivity index (χ1v) is 7.66. The molecule has 0 N–H and O–H groups in total. The maximum Gasteiger partial charge on any atom is 0.328 e. The molecule has 9 nitrogen and oxygen atoms in total. The first kappa shape index (κ1) is 15.9. The van der Waals surface area contributed by atoms with Crippen molar-refractivity contribution in [2.45, 2.75) is 6.54 Å². The molecule has 1 aromatic carbocycles. The van der Waals surface area contributed by atoms with Gasteiger partial charge in [-0.2, -0.15) is 0 Å². The molecular formula is C15H18N6O3. The van der Waals surface area contributed by atoms with Crippen LogP contribution in [0.5, 0.6) is 0 Å². The highest BCUT2D eigenvalue weighted by Gasteiger charge is 2.22. The average molecular weight is 330 g/mol. The summed E-state index contributed by atoms with van der Waals surface area (Å²) in [5.74, 6) is -0.730. The average Bonchev–Trinajstić information content (AvgIpc) is 3.13. The van der Waals surface area contributed by atoms with Gasteiger partial charge >= 0.3 is 5.97 Å². The van der Waals surface area contributed by atoms with E-state index in [1.807, 2.05) is 18.2 Å². The standard InChI is InChI=1S/C15H18N6O3/c22-14(11-24-15(23)10-21-12-16-17-18-21)20-8-6-19(7-9-20)13-4-2-1-3-5-13/h1-5,12H,6-11H2. The predicted octanol–water partition coefficient (Wildman–Crippen LogP) is -0.435. The van der Waals surface area contributed by atoms with Crippen LogP contribution in [0.15, 0.2) is 36.7 Å². The Kier molecular flexibility index (Phi) is 4.99. The van der Waals surface area contributed by atoms with Crippen molar-refractivity contribution >= 4 is 17.6 Å². The Hall–Kier alpha value is -2.97. The van der Waals surface area contributed by atoms with Gasteiger partial charge in [-0.1, -0.05) is 18.2 Å². The van der Waals surface area contributed by atoms with Crippen LogP contribution in [-0.4, -0.2) is 69.8 Å². The molecule has 24 heavy (non-hydrogen) atoms. The molecule has 126 valence electrons. The number of benzene rings is 1. The van der Waals surface area contributed by atoms with E-state index in [9.17, 15) is 9.59 Å². The summed E-state index contributed by atoms with van der Waals surface area (Å²) < 4.78 is 6.22. The Morgan fingerprint density at radius 2 is 1.83 bits per heavy atom. The molecule has 0 saturated carbocycles. The fourth-order valence-electron chi connectivity index (χ4n) is 2.52. The number of hydrogen-bond acceptors (Lipinski definition) is 7. The number of hydrogen-bond donors (Lipinski definition) is 0. The lowest BCUT2D eigenvalue weighted by atomic mass is 10.2. The number of nitrogens with zero attached hydrogens (tertiary/aromatic N) is 6. The highest BCUT2D eigenvalue weighted by atomic mass is 16.5. The van der Waals surface area contributed by atoms with Crippen molar-refractivity contribution in [1.29, 1.82) is 0 Å². The Morgan fingerprint density at radius 3 is 2.50 bits per heavy atom. The van der Waals surface area contributed by atoms with Crippen molar-refractivity contribution in [2.75, 3.05) is 37.7 Å². The summed E-state index contributed by atoms with van der Waals surface area (Å²) in [7, 11) is 0. The van der Waals surface area contributed by atoms with E-state index >= 15 is 0 Å². The van der Waals surface area contributed by atoms with E-state index in [-0.39, 0.29) is 19.1 Å². The number of tetrazole rings is 1. The second kappa shape index (κ2) is 7.53. The van der Waals surface area contributed by atoms with Crippen molar-refractivity contribution in [3.8, 4) is 0 Å². The Balaban J connectivity index is 1.41. The molecule has 0 atom stereocenters. The summed E-state index contributed by atoms with van der Waals surface area (Å²) in [4.78, 5) is 27.7. The minimum Gasteiger partial charge on any atom is -0.454 e. The molecule has 1 aromatic heterocycles. The number of carbonyl (C=O) groups excluding carboxylic acids is 2. The molecule has 0 radical (unpaired) electrons. The molecule has 0 bridgehead atoms. The van der Waals surface area contributed by atoms with E-state index in [4.69, 9.17) is 4.74 Å². The summed E-state index contributed by atoms with van der Waals surface area (Å²) in [6.45, 7) is 2.37. The molecule has 0 aliphatic carbocycles. The number of amides is 1. The second-order valence-electron chi connectivity index (χ2n) is 5.37. The Morgan fingerprint density at radius 1 is 1.08 bits per heavy atom. The van der Waals surface area contributed by atoms with Crippen molar-refractivity contribution < 1.29 is 14.3 Å². The number of rotatable bonds is 5. The predicted molar refractivity (Wildman–Crippen MR) is 84.0 cm³/mol. The molecule has 1 amide bonds. The lowest BCUT2D eigenvalue weighted by Crippen LogP contribution is -2.50. The van der Waals surface area contributed by atoms with Gasteiger partial charge in [0, 0.05) is 31.9 Å². The summed E-state index contributed by atoms with van der Waals surface area (Å²) >= 11 is 0. The molecule has 3 rings (SSSR count). The molecule has 0 spiro atoms. The fraction of sp³-hybridized carbons (Fsp3) is 0.400. The zero-order valence-corrected chi connectivity index (χ0v) is 13.1. The maximum absolute atomic E-state index is 12.1. The number of para-hydroxylation sites is 1. The largest absolute Gasteiger partial charge is 0.454 e. The SMILES string of the molecule is O=C(Cn1cnnn1)OCC(=O)N1CCN(c2ccccc2)CC1. The second-order valence-corrected chi connectivity index (χ2v) is 5.37. The van der Waals surface area contributed by atoms with Crippen molar-refractivity contribution in [3.05, 3.63) is 36.7 Å². The number of carbonyl (C=O) groups is 2. The van der Waals surface area contributed by atoms with Gasteiger partial charge in [0.15, 0.2) is 6.61 Å². The van der Waals surface area contributed by atoms with Gasteiger partial charge in [-0.25, -0.2) is 4.68 Å². The van der Waals surface area contributed by atoms with Crippen LogP contribution in [0, 0.1) is 0 Å². The van der Waals surface area contributed by atoms with Gasteiger partial charge in [0.05, 0.1) is 0 Å². The Labute approximate surface area is 138 Å². The van der Waals surface area contributed by atoms with Crippen LogP contribution in [-0.2, 0) is 20.9 Å². The smallest absolute Gasteiger partial charge is 0.328 e. The van der Waals surface area contributed by atoms with Gasteiger partial charge in [-0.15, -0.1) is 5.10 Å². The molecule has 0 unspecified atom stereocenters. The van der Waals surface area contributed by atoms with Gasteiger partial charge in [0.1, 0.15) is 12.9 Å². The minimum atomic E-state index is -0.543. The molecule has 9 heteroatoms. The van der Waals surface area contributed by atoms with Crippen molar-refractivity contribution in [2.24, 2.45) is 0 Å². The lowest BCUT2D eigenvalue weighted by Gasteiger charge is -2.36. The number of ether oxygens (including phenoxy) is 1. The van der Waals surface area contributed by atoms with E-state index in [1.54, 1.807) is 4.90 Å². The number of piperazine rings is 1. The van der Waals surface area contributed by atoms with Crippen LogP contribution in [0.3, 0.4) is 0 Å². The van der Waals surface area contributed by atoms with E-state index in [1.165, 1.54) is 11.0 Å². The van der Waals surface area contributed by atoms with Crippen LogP contribution in [0.1, 0.15) is 0 Å². The van der Waals surface area contributed by atoms with Crippen molar-refractivity contribution in [3.63, 3.8) is 0 Å². The van der Waals surface area contributed by atoms with E-state index in [2.05, 4.69) is 32.6 Å². The van der Waals surface area contributed by atoms with Crippen molar-refractivity contribution in [1.82, 2.24) is 25.1 Å². The van der Waals surface area contributed by atoms with Crippen LogP contribution in [0.4, 0.5) is 5.69 Å². The molecule has 1 fully saturated rings. The van der Waals surface area contributed by atoms with E-state index < -0.39 is 5.97 Å². The summed E-state index contributed by atoms with van der Waals surface area (Å²) in [6.07, 6.45) is 1.31. The number of esters is 1. The number of anilines is 1. The monoisotopic (exact) mass is 330 g/mol. The number of aromatic nitrogens is 4. The molecule has 1 aliphatic heterocycles. The molecule has 1 aliphatic rings. The van der Waals surface area contributed by atoms with Gasteiger partial charge in [-0.05, 0) is 22.6 Å². The molecule has 2 heterocycles. The molecule has 1 saturated heterocycles. The third-order valence-electron chi connectivity index (χ3n) is 3.79. The highest BCUT2D eigenvalue weighted by Crippen LogP contribution is 2.15. The molecule has 2 aromatic rings. The van der Waals surface area contributed by atoms with Gasteiger partial charge < -0.3 is 14.5 Å². The third-order valence-corrected chi connectivity index (χ3v) is 3.79. The highest BCUT2D eigenvalue weighted by molar-refractivity contribution is 5.80. The first-order valence-electron chi connectivity index (χ1n) is 7.66. The fourth-order valence-corrected chi connectivity index (χ4v) is 2.52. The third kappa shape index (κ3) is 4.06. The summed E-state index contributed by atoms with van der Waals surface area (Å²) in [5, 5.41) is 10.4. The van der Waals surface area contributed by atoms with Crippen LogP contribution >= 0.6 is 0 Å². The van der Waals surface area contributed by atoms with Crippen LogP contribution < -0.4 is 4.90 Å². The molecular weight excluding hydrogens is 312 g/mol. The van der Waals surface area contributed by atoms with Crippen LogP contribution in [0.2, 0.25) is 0 Å². The Bertz CT molecular complexity index is 668. The minimum absolute atomic E-state index is 0.109. The topological polar surface area (TPSA) is 93.4 Å². The van der Waals surface area contributed by atoms with Gasteiger partial charge in [0.2, 0.25) is 0 Å². The van der Waals surface area contributed by atoms with Gasteiger partial charge in [-0.3, -0.25) is 9.59 Å². The summed E-state index contributed by atoms with van der Waals surface area (Å²) in [5.41, 5.74) is 1.15. The summed E-state index contributed by atoms with van der Waals surface area (Å²) in [6, 6.07) is 10.1. The zero-order valence-electron chi connectivity index (χ0n) is 13.1. The quantitative estimate of drug-likeness (QED) is 0.686. The maximum atomic E-state index is 12.1. The first-order chi connectivity index (χ1) is 11.7. The van der Waals surface area contributed by atoms with E-state index in [0.29, 0.717) is 13.1 Å². The normalized spacial score (nSPS) is 14.5. The zero-order chi connectivity index (χ0) is 16.8. The van der Waals surface area contributed by atoms with Crippen LogP contribution in [0.25, 0.3) is 0 Å². The lowest BCUT2D eigenvalue weighted by molar-refractivity contribution is -0.152.